The number of ether oxygens (including phenoxy) is 2. The van der Waals surface area contributed by atoms with Crippen molar-refractivity contribution in [2.75, 3.05) is 31.2 Å². The van der Waals surface area contributed by atoms with Crippen LogP contribution in [0.15, 0.2) is 55.1 Å². The molecule has 4 aromatic rings. The zero-order chi connectivity index (χ0) is 27.2. The van der Waals surface area contributed by atoms with Gasteiger partial charge in [-0.1, -0.05) is 6.07 Å². The maximum Gasteiger partial charge on any atom is 0.239 e. The van der Waals surface area contributed by atoms with Gasteiger partial charge in [-0.3, -0.25) is 14.4 Å². The summed E-state index contributed by atoms with van der Waals surface area (Å²) in [5.41, 5.74) is 6.12. The van der Waals surface area contributed by atoms with Crippen LogP contribution in [0.3, 0.4) is 0 Å². The van der Waals surface area contributed by atoms with E-state index in [0.29, 0.717) is 40.9 Å². The first kappa shape index (κ1) is 26.4. The first-order valence-corrected chi connectivity index (χ1v) is 12.7. The molecule has 10 nitrogen and oxygen atoms in total. The second-order valence-electron chi connectivity index (χ2n) is 9.19. The Kier molecular flexibility index (Phi) is 8.23. The molecule has 204 valence electrons. The van der Waals surface area contributed by atoms with Crippen LogP contribution in [0.5, 0.6) is 5.75 Å². The summed E-state index contributed by atoms with van der Waals surface area (Å²) in [4.78, 5) is 21.6. The molecule has 1 fully saturated rings. The molecule has 0 saturated carbocycles. The number of aromatic nitrogens is 4. The molecule has 39 heavy (non-hydrogen) atoms. The van der Waals surface area contributed by atoms with E-state index in [1.807, 2.05) is 0 Å². The number of nitrogens with zero attached hydrogens (tertiary/aromatic N) is 5. The van der Waals surface area contributed by atoms with E-state index in [-0.39, 0.29) is 12.2 Å². The molecule has 1 aliphatic heterocycles. The number of amides is 1. The average Bonchev–Trinajstić information content (AvgIpc) is 3.61. The van der Waals surface area contributed by atoms with E-state index < -0.39 is 17.5 Å². The Bertz CT molecular complexity index is 1440. The van der Waals surface area contributed by atoms with E-state index in [1.165, 1.54) is 40.4 Å². The van der Waals surface area contributed by atoms with Crippen molar-refractivity contribution in [1.82, 2.24) is 25.1 Å². The molecule has 1 atom stereocenters. The number of nitrogens with two attached hydrogens (primary N) is 1. The second-order valence-corrected chi connectivity index (χ2v) is 9.19. The molecule has 1 aliphatic rings. The monoisotopic (exact) mass is 537 g/mol. The molecular formula is C27H29F2N7O3. The standard InChI is InChI=1S/C27H29F2N7O3/c28-22-5-1-6-24(26(22)29)36(18-13-34-35(15-18)16-25(30)37)27-21-8-7-19(12-23(21)32-17-33-27)38-11-3-9-31-14-20-4-2-10-39-20/h1,5-8,12-13,15,17,20,31H,2-4,9-11,14,16H2,(H2,30,37). The Hall–Kier alpha value is -4.16. The van der Waals surface area contributed by atoms with Crippen molar-refractivity contribution in [3.8, 4) is 5.75 Å². The summed E-state index contributed by atoms with van der Waals surface area (Å²) in [6.07, 6.45) is 7.62. The van der Waals surface area contributed by atoms with Crippen molar-refractivity contribution in [2.45, 2.75) is 31.9 Å². The summed E-state index contributed by atoms with van der Waals surface area (Å²) in [5, 5.41) is 8.11. The maximum atomic E-state index is 15.0. The third kappa shape index (κ3) is 6.29. The Balaban J connectivity index is 1.37. The van der Waals surface area contributed by atoms with Gasteiger partial charge in [0.1, 0.15) is 24.4 Å². The van der Waals surface area contributed by atoms with Crippen LogP contribution in [-0.4, -0.2) is 58.1 Å². The Morgan fingerprint density at radius 2 is 2.15 bits per heavy atom. The number of fused-ring (bicyclic) bond motifs is 1. The van der Waals surface area contributed by atoms with E-state index >= 15 is 4.39 Å². The first-order chi connectivity index (χ1) is 19.0. The van der Waals surface area contributed by atoms with Gasteiger partial charge in [0, 0.05) is 30.8 Å². The largest absolute Gasteiger partial charge is 0.493 e. The van der Waals surface area contributed by atoms with Gasteiger partial charge in [0.2, 0.25) is 5.91 Å². The third-order valence-corrected chi connectivity index (χ3v) is 6.33. The molecule has 1 amide bonds. The van der Waals surface area contributed by atoms with E-state index in [2.05, 4.69) is 20.4 Å². The van der Waals surface area contributed by atoms with Gasteiger partial charge in [-0.05, 0) is 50.1 Å². The van der Waals surface area contributed by atoms with Crippen molar-refractivity contribution < 1.29 is 23.0 Å². The number of halogens is 2. The molecule has 0 radical (unpaired) electrons. The number of anilines is 3. The van der Waals surface area contributed by atoms with E-state index in [1.54, 1.807) is 18.2 Å². The SMILES string of the molecule is NC(=O)Cn1cc(N(c2cccc(F)c2F)c2ncnc3cc(OCCCNCC4CCCO4)ccc23)cn1. The van der Waals surface area contributed by atoms with Gasteiger partial charge in [0.25, 0.3) is 0 Å². The van der Waals surface area contributed by atoms with Gasteiger partial charge < -0.3 is 20.5 Å². The Morgan fingerprint density at radius 3 is 2.97 bits per heavy atom. The van der Waals surface area contributed by atoms with Gasteiger partial charge in [-0.15, -0.1) is 0 Å². The summed E-state index contributed by atoms with van der Waals surface area (Å²) in [6.45, 7) is 2.85. The highest BCUT2D eigenvalue weighted by Gasteiger charge is 2.23. The third-order valence-electron chi connectivity index (χ3n) is 6.33. The summed E-state index contributed by atoms with van der Waals surface area (Å²) in [5.74, 6) is -1.73. The lowest BCUT2D eigenvalue weighted by Crippen LogP contribution is -2.27. The van der Waals surface area contributed by atoms with Crippen molar-refractivity contribution >= 4 is 34.0 Å². The number of hydrogen-bond donors (Lipinski definition) is 2. The summed E-state index contributed by atoms with van der Waals surface area (Å²) >= 11 is 0. The van der Waals surface area contributed by atoms with Crippen molar-refractivity contribution in [1.29, 1.82) is 0 Å². The minimum Gasteiger partial charge on any atom is -0.493 e. The topological polar surface area (TPSA) is 120 Å². The molecule has 12 heteroatoms. The molecule has 1 unspecified atom stereocenters. The molecule has 3 N–H and O–H groups in total. The Labute approximate surface area is 223 Å². The van der Waals surface area contributed by atoms with Crippen LogP contribution < -0.4 is 20.7 Å². The van der Waals surface area contributed by atoms with Crippen LogP contribution in [0.2, 0.25) is 0 Å². The first-order valence-electron chi connectivity index (χ1n) is 12.7. The van der Waals surface area contributed by atoms with E-state index in [4.69, 9.17) is 15.2 Å². The van der Waals surface area contributed by atoms with Crippen LogP contribution >= 0.6 is 0 Å². The minimum atomic E-state index is -1.06. The number of benzene rings is 2. The fourth-order valence-electron chi connectivity index (χ4n) is 4.50. The van der Waals surface area contributed by atoms with Crippen molar-refractivity contribution in [2.24, 2.45) is 5.73 Å². The normalized spacial score (nSPS) is 15.1. The fraction of sp³-hybridized carbons (Fsp3) is 0.333. The number of hydrogen-bond acceptors (Lipinski definition) is 8. The minimum absolute atomic E-state index is 0.0792. The van der Waals surface area contributed by atoms with Crippen LogP contribution in [-0.2, 0) is 16.1 Å². The molecule has 1 saturated heterocycles. The summed E-state index contributed by atoms with van der Waals surface area (Å²) in [7, 11) is 0. The smallest absolute Gasteiger partial charge is 0.239 e. The van der Waals surface area contributed by atoms with Gasteiger partial charge in [-0.2, -0.15) is 5.10 Å². The number of nitrogens with one attached hydrogen (secondary N) is 1. The molecule has 0 aliphatic carbocycles. The second kappa shape index (κ2) is 12.1. The van der Waals surface area contributed by atoms with Crippen molar-refractivity contribution in [3.05, 3.63) is 66.8 Å². The fourth-order valence-corrected chi connectivity index (χ4v) is 4.50. The highest BCUT2D eigenvalue weighted by atomic mass is 19.2. The number of rotatable bonds is 12. The summed E-state index contributed by atoms with van der Waals surface area (Å²) < 4.78 is 42.1. The maximum absolute atomic E-state index is 15.0. The van der Waals surface area contributed by atoms with Crippen LogP contribution in [0, 0.1) is 11.6 Å². The van der Waals surface area contributed by atoms with Gasteiger partial charge in [-0.25, -0.2) is 18.7 Å². The average molecular weight is 538 g/mol. The zero-order valence-corrected chi connectivity index (χ0v) is 21.2. The van der Waals surface area contributed by atoms with Gasteiger partial charge >= 0.3 is 0 Å². The molecule has 5 rings (SSSR count). The predicted octanol–water partition coefficient (Wildman–Crippen LogP) is 3.60. The molecular weight excluding hydrogens is 508 g/mol. The Morgan fingerprint density at radius 1 is 1.26 bits per heavy atom. The molecule has 2 aromatic carbocycles. The van der Waals surface area contributed by atoms with E-state index in [9.17, 15) is 9.18 Å². The quantitative estimate of drug-likeness (QED) is 0.263. The van der Waals surface area contributed by atoms with Crippen LogP contribution in [0.25, 0.3) is 10.9 Å². The lowest BCUT2D eigenvalue weighted by atomic mass is 10.2. The summed E-state index contributed by atoms with van der Waals surface area (Å²) in [6, 6.07) is 9.20. The lowest BCUT2D eigenvalue weighted by molar-refractivity contribution is -0.118. The number of carbonyl (C=O) groups is 1. The van der Waals surface area contributed by atoms with Gasteiger partial charge in [0.15, 0.2) is 11.6 Å². The molecule has 0 bridgehead atoms. The lowest BCUT2D eigenvalue weighted by Gasteiger charge is -2.24. The van der Waals surface area contributed by atoms with Crippen LogP contribution in [0.1, 0.15) is 19.3 Å². The zero-order valence-electron chi connectivity index (χ0n) is 21.2. The van der Waals surface area contributed by atoms with Crippen molar-refractivity contribution in [3.63, 3.8) is 0 Å². The highest BCUT2D eigenvalue weighted by Crippen LogP contribution is 2.39. The highest BCUT2D eigenvalue weighted by molar-refractivity contribution is 5.95. The molecule has 2 aromatic heterocycles. The number of primary amides is 1. The van der Waals surface area contributed by atoms with Gasteiger partial charge in [0.05, 0.1) is 35.8 Å². The predicted molar refractivity (Wildman–Crippen MR) is 141 cm³/mol. The molecule has 0 spiro atoms. The molecule has 3 heterocycles. The van der Waals surface area contributed by atoms with Crippen LogP contribution in [0.4, 0.5) is 26.0 Å². The van der Waals surface area contributed by atoms with E-state index in [0.717, 1.165) is 45.0 Å². The number of carbonyl (C=O) groups excluding carboxylic acids is 1.